The Labute approximate surface area is 124 Å². The quantitative estimate of drug-likeness (QED) is 0.844. The average molecular weight is 319 g/mol. The molecule has 7 heteroatoms. The molecule has 1 amide bonds. The molecule has 0 heterocycles. The van der Waals surface area contributed by atoms with Gasteiger partial charge in [0.2, 0.25) is 15.9 Å². The van der Waals surface area contributed by atoms with Gasteiger partial charge in [-0.15, -0.1) is 0 Å². The molecule has 0 aromatic heterocycles. The summed E-state index contributed by atoms with van der Waals surface area (Å²) in [6.45, 7) is 5.19. The predicted octanol–water partition coefficient (Wildman–Crippen LogP) is 2.22. The number of benzene rings is 1. The second-order valence-electron chi connectivity index (χ2n) is 4.63. The molecule has 1 rings (SSSR count). The van der Waals surface area contributed by atoms with Gasteiger partial charge in [0, 0.05) is 0 Å². The molecule has 0 spiro atoms. The van der Waals surface area contributed by atoms with E-state index in [-0.39, 0.29) is 12.3 Å². The van der Waals surface area contributed by atoms with Crippen LogP contribution in [0, 0.1) is 13.8 Å². The van der Waals surface area contributed by atoms with Crippen molar-refractivity contribution in [3.05, 3.63) is 28.3 Å². The number of carbonyl (C=O) groups excluding carboxylic acids is 1. The molecule has 0 aliphatic heterocycles. The molecule has 20 heavy (non-hydrogen) atoms. The first-order chi connectivity index (χ1) is 9.25. The molecule has 0 atom stereocenters. The Kier molecular flexibility index (Phi) is 5.98. The van der Waals surface area contributed by atoms with Gasteiger partial charge in [0.05, 0.1) is 23.0 Å². The normalized spacial score (nSPS) is 11.4. The molecule has 1 aromatic carbocycles. The fourth-order valence-electron chi connectivity index (χ4n) is 1.77. The lowest BCUT2D eigenvalue weighted by molar-refractivity contribution is -0.115. The Bertz CT molecular complexity index is 577. The summed E-state index contributed by atoms with van der Waals surface area (Å²) in [6.07, 6.45) is 0.500. The van der Waals surface area contributed by atoms with Gasteiger partial charge in [0.1, 0.15) is 0 Å². The summed E-state index contributed by atoms with van der Waals surface area (Å²) in [4.78, 5) is 11.8. The first-order valence-corrected chi connectivity index (χ1v) is 8.32. The van der Waals surface area contributed by atoms with Crippen molar-refractivity contribution in [1.29, 1.82) is 0 Å². The lowest BCUT2D eigenvalue weighted by Crippen LogP contribution is -2.34. The molecule has 0 unspecified atom stereocenters. The van der Waals surface area contributed by atoms with E-state index in [1.807, 2.05) is 19.9 Å². The molecule has 1 aromatic rings. The topological polar surface area (TPSA) is 75.3 Å². The number of aryl methyl sites for hydroxylation is 2. The van der Waals surface area contributed by atoms with Crippen LogP contribution in [0.15, 0.2) is 12.1 Å². The Morgan fingerprint density at radius 3 is 2.50 bits per heavy atom. The number of amides is 1. The summed E-state index contributed by atoms with van der Waals surface area (Å²) in [5, 5.41) is 3.06. The highest BCUT2D eigenvalue weighted by molar-refractivity contribution is 7.89. The zero-order valence-electron chi connectivity index (χ0n) is 11.8. The van der Waals surface area contributed by atoms with Gasteiger partial charge < -0.3 is 5.32 Å². The van der Waals surface area contributed by atoms with Crippen LogP contribution < -0.4 is 10.0 Å². The van der Waals surface area contributed by atoms with Gasteiger partial charge in [0.25, 0.3) is 0 Å². The zero-order valence-corrected chi connectivity index (χ0v) is 13.4. The third-order valence-corrected chi connectivity index (χ3v) is 4.45. The lowest BCUT2D eigenvalue weighted by atomic mass is 10.1. The average Bonchev–Trinajstić information content (AvgIpc) is 2.31. The minimum Gasteiger partial charge on any atom is -0.323 e. The Morgan fingerprint density at radius 1 is 1.30 bits per heavy atom. The monoisotopic (exact) mass is 318 g/mol. The molecule has 0 saturated heterocycles. The highest BCUT2D eigenvalue weighted by atomic mass is 35.5. The summed E-state index contributed by atoms with van der Waals surface area (Å²) in [6, 6.07) is 3.63. The molecule has 0 aliphatic rings. The fraction of sp³-hybridized carbons (Fsp3) is 0.462. The van der Waals surface area contributed by atoms with E-state index in [9.17, 15) is 13.2 Å². The maximum Gasteiger partial charge on any atom is 0.239 e. The summed E-state index contributed by atoms with van der Waals surface area (Å²) in [7, 11) is -3.39. The number of hydrogen-bond acceptors (Lipinski definition) is 3. The third-order valence-electron chi connectivity index (χ3n) is 2.62. The van der Waals surface area contributed by atoms with E-state index in [1.54, 1.807) is 13.0 Å². The van der Waals surface area contributed by atoms with Crippen LogP contribution in [-0.4, -0.2) is 26.6 Å². The summed E-state index contributed by atoms with van der Waals surface area (Å²) in [5.74, 6) is -0.441. The van der Waals surface area contributed by atoms with Crippen molar-refractivity contribution < 1.29 is 13.2 Å². The van der Waals surface area contributed by atoms with Gasteiger partial charge >= 0.3 is 0 Å². The number of sulfonamides is 1. The first kappa shape index (κ1) is 16.9. The molecule has 2 N–H and O–H groups in total. The minimum atomic E-state index is -3.39. The smallest absolute Gasteiger partial charge is 0.239 e. The molecule has 0 aliphatic carbocycles. The van der Waals surface area contributed by atoms with Crippen LogP contribution >= 0.6 is 11.6 Å². The van der Waals surface area contributed by atoms with Crippen LogP contribution in [0.2, 0.25) is 5.02 Å². The van der Waals surface area contributed by atoms with E-state index >= 15 is 0 Å². The lowest BCUT2D eigenvalue weighted by Gasteiger charge is -2.12. The molecule has 5 nitrogen and oxygen atoms in total. The van der Waals surface area contributed by atoms with E-state index in [2.05, 4.69) is 10.0 Å². The second kappa shape index (κ2) is 7.06. The number of carbonyl (C=O) groups is 1. The predicted molar refractivity (Wildman–Crippen MR) is 81.6 cm³/mol. The number of anilines is 1. The SMILES string of the molecule is CCCS(=O)(=O)NCC(=O)Nc1c(C)cc(C)cc1Cl. The van der Waals surface area contributed by atoms with Crippen LogP contribution in [0.3, 0.4) is 0 Å². The van der Waals surface area contributed by atoms with E-state index < -0.39 is 15.9 Å². The first-order valence-electron chi connectivity index (χ1n) is 6.29. The van der Waals surface area contributed by atoms with Crippen LogP contribution in [0.1, 0.15) is 24.5 Å². The molecular formula is C13H19ClN2O3S. The van der Waals surface area contributed by atoms with Crippen molar-refractivity contribution in [2.24, 2.45) is 0 Å². The molecular weight excluding hydrogens is 300 g/mol. The van der Waals surface area contributed by atoms with Gasteiger partial charge in [-0.2, -0.15) is 0 Å². The summed E-state index contributed by atoms with van der Waals surface area (Å²) < 4.78 is 25.1. The van der Waals surface area contributed by atoms with Crippen LogP contribution in [0.4, 0.5) is 5.69 Å². The summed E-state index contributed by atoms with van der Waals surface area (Å²) >= 11 is 6.07. The van der Waals surface area contributed by atoms with Crippen molar-refractivity contribution in [3.63, 3.8) is 0 Å². The van der Waals surface area contributed by atoms with Crippen molar-refractivity contribution in [3.8, 4) is 0 Å². The summed E-state index contributed by atoms with van der Waals surface area (Å²) in [5.41, 5.74) is 2.34. The standard InChI is InChI=1S/C13H19ClN2O3S/c1-4-5-20(18,19)15-8-12(17)16-13-10(3)6-9(2)7-11(13)14/h6-7,15H,4-5,8H2,1-3H3,(H,16,17). The van der Waals surface area contributed by atoms with E-state index in [0.29, 0.717) is 17.1 Å². The third kappa shape index (κ3) is 5.11. The largest absolute Gasteiger partial charge is 0.323 e. The second-order valence-corrected chi connectivity index (χ2v) is 6.96. The Hall–Kier alpha value is -1.11. The zero-order chi connectivity index (χ0) is 15.3. The van der Waals surface area contributed by atoms with Crippen molar-refractivity contribution in [2.75, 3.05) is 17.6 Å². The van der Waals surface area contributed by atoms with E-state index in [0.717, 1.165) is 11.1 Å². The fourth-order valence-corrected chi connectivity index (χ4v) is 3.18. The van der Waals surface area contributed by atoms with Gasteiger partial charge in [-0.25, -0.2) is 13.1 Å². The van der Waals surface area contributed by atoms with Gasteiger partial charge in [-0.1, -0.05) is 24.6 Å². The van der Waals surface area contributed by atoms with Gasteiger partial charge in [-0.05, 0) is 37.5 Å². The van der Waals surface area contributed by atoms with Gasteiger partial charge in [-0.3, -0.25) is 4.79 Å². The van der Waals surface area contributed by atoms with Gasteiger partial charge in [0.15, 0.2) is 0 Å². The Balaban J connectivity index is 2.69. The molecule has 0 fully saturated rings. The van der Waals surface area contributed by atoms with Crippen molar-refractivity contribution in [1.82, 2.24) is 4.72 Å². The number of halogens is 1. The maximum absolute atomic E-state index is 11.8. The van der Waals surface area contributed by atoms with Crippen molar-refractivity contribution >= 4 is 33.2 Å². The Morgan fingerprint density at radius 2 is 1.95 bits per heavy atom. The molecule has 112 valence electrons. The molecule has 0 bridgehead atoms. The number of hydrogen-bond donors (Lipinski definition) is 2. The van der Waals surface area contributed by atoms with E-state index in [1.165, 1.54) is 0 Å². The van der Waals surface area contributed by atoms with Crippen molar-refractivity contribution in [2.45, 2.75) is 27.2 Å². The number of nitrogens with one attached hydrogen (secondary N) is 2. The highest BCUT2D eigenvalue weighted by Gasteiger charge is 2.13. The van der Waals surface area contributed by atoms with Crippen LogP contribution in [0.25, 0.3) is 0 Å². The molecule has 0 saturated carbocycles. The number of rotatable bonds is 6. The minimum absolute atomic E-state index is 0.00456. The highest BCUT2D eigenvalue weighted by Crippen LogP contribution is 2.27. The van der Waals surface area contributed by atoms with Crippen LogP contribution in [0.5, 0.6) is 0 Å². The van der Waals surface area contributed by atoms with E-state index in [4.69, 9.17) is 11.6 Å². The van der Waals surface area contributed by atoms with Crippen LogP contribution in [-0.2, 0) is 14.8 Å². The molecule has 0 radical (unpaired) electrons. The maximum atomic E-state index is 11.8.